The molecule has 3 N–H and O–H groups in total. The Hall–Kier alpha value is -3.29. The minimum Gasteiger partial charge on any atom is -0.493 e. The summed E-state index contributed by atoms with van der Waals surface area (Å²) in [4.78, 5) is 30.6. The minimum absolute atomic E-state index is 0.0247. The first-order chi connectivity index (χ1) is 13.4. The van der Waals surface area contributed by atoms with Gasteiger partial charge in [-0.3, -0.25) is 0 Å². The summed E-state index contributed by atoms with van der Waals surface area (Å²) in [5.41, 5.74) is 0.436. The number of carboxylic acids is 1. The number of hydrogen-bond donors (Lipinski definition) is 3. The second-order valence-electron chi connectivity index (χ2n) is 5.94. The summed E-state index contributed by atoms with van der Waals surface area (Å²) in [6.45, 7) is 0. The van der Waals surface area contributed by atoms with E-state index in [1.54, 1.807) is 30.3 Å². The van der Waals surface area contributed by atoms with Crippen LogP contribution in [0.2, 0.25) is 10.0 Å². The fourth-order valence-electron chi connectivity index (χ4n) is 3.02. The van der Waals surface area contributed by atoms with Crippen LogP contribution >= 0.6 is 23.2 Å². The van der Waals surface area contributed by atoms with Gasteiger partial charge in [0, 0.05) is 16.2 Å². The molecule has 0 aliphatic carbocycles. The largest absolute Gasteiger partial charge is 0.493 e. The number of H-pyrrole nitrogens is 1. The molecular formula is C19H11Cl2N3O4. The third-order valence-corrected chi connectivity index (χ3v) is 4.71. The lowest BCUT2D eigenvalue weighted by molar-refractivity contribution is -0.129. The Morgan fingerprint density at radius 2 is 1.89 bits per heavy atom. The highest BCUT2D eigenvalue weighted by Crippen LogP contribution is 2.43. The van der Waals surface area contributed by atoms with E-state index in [2.05, 4.69) is 9.98 Å². The number of rotatable bonds is 3. The van der Waals surface area contributed by atoms with Crippen LogP contribution in [0, 0.1) is 0 Å². The third kappa shape index (κ3) is 2.90. The zero-order valence-corrected chi connectivity index (χ0v) is 15.5. The van der Waals surface area contributed by atoms with Gasteiger partial charge in [-0.05, 0) is 30.3 Å². The van der Waals surface area contributed by atoms with Crippen LogP contribution in [0.5, 0.6) is 5.88 Å². The van der Waals surface area contributed by atoms with Crippen LogP contribution < -0.4 is 5.69 Å². The number of carbonyl (C=O) groups is 1. The van der Waals surface area contributed by atoms with Gasteiger partial charge in [-0.25, -0.2) is 19.1 Å². The summed E-state index contributed by atoms with van der Waals surface area (Å²) >= 11 is 12.2. The monoisotopic (exact) mass is 415 g/mol. The van der Waals surface area contributed by atoms with Crippen molar-refractivity contribution in [2.45, 2.75) is 0 Å². The van der Waals surface area contributed by atoms with Crippen LogP contribution in [0.4, 0.5) is 5.69 Å². The molecule has 1 aliphatic heterocycles. The van der Waals surface area contributed by atoms with E-state index in [1.165, 1.54) is 18.2 Å². The SMILES string of the molecule is O=C(O)C1=Nc2cc(Cl)cc(Cl)c2C1=Cc1[nH]c(=O)n(-c2ccccc2)c1O. The molecule has 0 unspecified atom stereocenters. The normalized spacial score (nSPS) is 14.2. The number of nitrogens with one attached hydrogen (secondary N) is 1. The average molecular weight is 416 g/mol. The first-order valence-corrected chi connectivity index (χ1v) is 8.75. The minimum atomic E-state index is -1.28. The van der Waals surface area contributed by atoms with Gasteiger partial charge in [0.05, 0.1) is 16.4 Å². The zero-order valence-electron chi connectivity index (χ0n) is 14.0. The maximum atomic E-state index is 12.3. The van der Waals surface area contributed by atoms with Gasteiger partial charge >= 0.3 is 11.7 Å². The first-order valence-electron chi connectivity index (χ1n) is 7.99. The highest BCUT2D eigenvalue weighted by Gasteiger charge is 2.29. The summed E-state index contributed by atoms with van der Waals surface area (Å²) in [5.74, 6) is -1.65. The average Bonchev–Trinajstić information content (AvgIpc) is 3.13. The number of aromatic amines is 1. The fourth-order valence-corrected chi connectivity index (χ4v) is 3.61. The number of aliphatic imine (C=N–C) groups is 1. The number of aliphatic carboxylic acids is 1. The van der Waals surface area contributed by atoms with Crippen molar-refractivity contribution < 1.29 is 15.0 Å². The Morgan fingerprint density at radius 3 is 2.57 bits per heavy atom. The lowest BCUT2D eigenvalue weighted by Gasteiger charge is -2.06. The Morgan fingerprint density at radius 1 is 1.18 bits per heavy atom. The second-order valence-corrected chi connectivity index (χ2v) is 6.79. The van der Waals surface area contributed by atoms with Crippen LogP contribution in [0.1, 0.15) is 11.3 Å². The third-order valence-electron chi connectivity index (χ3n) is 4.19. The topological polar surface area (TPSA) is 108 Å². The van der Waals surface area contributed by atoms with Crippen LogP contribution in [0.25, 0.3) is 17.3 Å². The number of halogens is 2. The van der Waals surface area contributed by atoms with E-state index in [9.17, 15) is 19.8 Å². The highest BCUT2D eigenvalue weighted by atomic mass is 35.5. The number of para-hydroxylation sites is 1. The number of fused-ring (bicyclic) bond motifs is 1. The Balaban J connectivity index is 1.92. The predicted octanol–water partition coefficient (Wildman–Crippen LogP) is 3.89. The lowest BCUT2D eigenvalue weighted by atomic mass is 10.0. The smallest absolute Gasteiger partial charge is 0.355 e. The van der Waals surface area contributed by atoms with Crippen molar-refractivity contribution in [1.29, 1.82) is 0 Å². The summed E-state index contributed by atoms with van der Waals surface area (Å²) < 4.78 is 1.07. The molecule has 140 valence electrons. The van der Waals surface area contributed by atoms with E-state index in [0.29, 0.717) is 22.0 Å². The Kier molecular flexibility index (Phi) is 4.33. The summed E-state index contributed by atoms with van der Waals surface area (Å²) in [6, 6.07) is 11.5. The molecule has 2 heterocycles. The van der Waals surface area contributed by atoms with Crippen molar-refractivity contribution in [2.24, 2.45) is 4.99 Å². The van der Waals surface area contributed by atoms with Crippen LogP contribution in [-0.2, 0) is 4.79 Å². The molecular weight excluding hydrogens is 405 g/mol. The number of nitrogens with zero attached hydrogens (tertiary/aromatic N) is 2. The van der Waals surface area contributed by atoms with Crippen molar-refractivity contribution >= 4 is 52.2 Å². The van der Waals surface area contributed by atoms with Gasteiger partial charge in [0.2, 0.25) is 5.88 Å². The van der Waals surface area contributed by atoms with Crippen molar-refractivity contribution in [3.63, 3.8) is 0 Å². The first kappa shape index (κ1) is 18.1. The fraction of sp³-hybridized carbons (Fsp3) is 0. The van der Waals surface area contributed by atoms with Gasteiger partial charge in [-0.1, -0.05) is 41.4 Å². The summed E-state index contributed by atoms with van der Waals surface area (Å²) in [6.07, 6.45) is 1.33. The number of benzene rings is 2. The molecule has 1 aliphatic rings. The van der Waals surface area contributed by atoms with Crippen LogP contribution in [0.3, 0.4) is 0 Å². The number of hydrogen-bond acceptors (Lipinski definition) is 4. The van der Waals surface area contributed by atoms with Crippen molar-refractivity contribution in [3.05, 3.63) is 74.3 Å². The van der Waals surface area contributed by atoms with E-state index in [0.717, 1.165) is 4.57 Å². The van der Waals surface area contributed by atoms with Crippen molar-refractivity contribution in [1.82, 2.24) is 9.55 Å². The zero-order chi connectivity index (χ0) is 20.0. The molecule has 0 bridgehead atoms. The van der Waals surface area contributed by atoms with Gasteiger partial charge in [-0.15, -0.1) is 0 Å². The lowest BCUT2D eigenvalue weighted by Crippen LogP contribution is -2.14. The van der Waals surface area contributed by atoms with Gasteiger partial charge in [0.25, 0.3) is 0 Å². The number of aromatic nitrogens is 2. The number of aromatic hydroxyl groups is 1. The van der Waals surface area contributed by atoms with E-state index < -0.39 is 11.7 Å². The molecule has 3 aromatic rings. The van der Waals surface area contributed by atoms with Gasteiger partial charge in [0.1, 0.15) is 5.69 Å². The molecule has 1 aromatic heterocycles. The molecule has 2 aromatic carbocycles. The number of imidazole rings is 1. The Bertz CT molecular complexity index is 1240. The maximum Gasteiger partial charge on any atom is 0.355 e. The summed E-state index contributed by atoms with van der Waals surface area (Å²) in [5, 5.41) is 20.6. The van der Waals surface area contributed by atoms with Crippen molar-refractivity contribution in [3.8, 4) is 11.6 Å². The molecule has 0 radical (unpaired) electrons. The number of carboxylic acid groups (broad SMARTS) is 1. The molecule has 7 nitrogen and oxygen atoms in total. The van der Waals surface area contributed by atoms with Crippen LogP contribution in [0.15, 0.2) is 52.3 Å². The quantitative estimate of drug-likeness (QED) is 0.602. The molecule has 0 fully saturated rings. The van der Waals surface area contributed by atoms with E-state index in [-0.39, 0.29) is 27.9 Å². The molecule has 4 rings (SSSR count). The van der Waals surface area contributed by atoms with E-state index in [4.69, 9.17) is 23.2 Å². The molecule has 0 saturated heterocycles. The molecule has 0 amide bonds. The maximum absolute atomic E-state index is 12.3. The van der Waals surface area contributed by atoms with Gasteiger partial charge < -0.3 is 15.2 Å². The molecule has 9 heteroatoms. The predicted molar refractivity (Wildman–Crippen MR) is 107 cm³/mol. The van der Waals surface area contributed by atoms with Gasteiger partial charge in [0.15, 0.2) is 5.71 Å². The van der Waals surface area contributed by atoms with Crippen molar-refractivity contribution in [2.75, 3.05) is 0 Å². The summed E-state index contributed by atoms with van der Waals surface area (Å²) in [7, 11) is 0. The second kappa shape index (κ2) is 6.70. The van der Waals surface area contributed by atoms with E-state index in [1.807, 2.05) is 0 Å². The molecule has 0 spiro atoms. The molecule has 28 heavy (non-hydrogen) atoms. The van der Waals surface area contributed by atoms with Crippen LogP contribution in [-0.4, -0.2) is 31.4 Å². The van der Waals surface area contributed by atoms with Gasteiger partial charge in [-0.2, -0.15) is 0 Å². The molecule has 0 saturated carbocycles. The standard InChI is InChI=1S/C19H11Cl2N3O4/c20-9-6-12(21)15-11(16(18(26)27)22-13(15)7-9)8-14-17(25)24(19(28)23-14)10-4-2-1-3-5-10/h1-8,25H,(H,23,28)(H,26,27). The molecule has 0 atom stereocenters. The highest BCUT2D eigenvalue weighted by molar-refractivity contribution is 6.59. The van der Waals surface area contributed by atoms with E-state index >= 15 is 0 Å². The Labute approximate surface area is 167 Å².